The van der Waals surface area contributed by atoms with Crippen molar-refractivity contribution in [1.82, 2.24) is 19.9 Å². The maximum atomic E-state index is 5.25. The van der Waals surface area contributed by atoms with Gasteiger partial charge in [-0.25, -0.2) is 15.0 Å². The van der Waals surface area contributed by atoms with E-state index in [1.165, 1.54) is 12.0 Å². The number of anilines is 2. The van der Waals surface area contributed by atoms with Gasteiger partial charge in [0.1, 0.15) is 11.6 Å². The lowest BCUT2D eigenvalue weighted by Crippen LogP contribution is -2.34. The standard InChI is InChI=1S/C22H25N5O/c1-28-19-9-7-17(8-10-19)15-27-14-4-5-18(16-27)20-11-13-24-22(25-20)26-21-6-2-3-12-23-21/h2-3,6-13,18H,4-5,14-16H2,1H3,(H,23,24,25,26). The number of piperidine rings is 1. The lowest BCUT2D eigenvalue weighted by atomic mass is 9.94. The molecule has 6 heteroatoms. The lowest BCUT2D eigenvalue weighted by Gasteiger charge is -2.32. The van der Waals surface area contributed by atoms with Crippen LogP contribution in [-0.2, 0) is 6.54 Å². The van der Waals surface area contributed by atoms with Crippen molar-refractivity contribution in [3.63, 3.8) is 0 Å². The van der Waals surface area contributed by atoms with Crippen LogP contribution in [0.25, 0.3) is 0 Å². The van der Waals surface area contributed by atoms with Crippen LogP contribution in [0.4, 0.5) is 11.8 Å². The first-order chi connectivity index (χ1) is 13.8. The third kappa shape index (κ3) is 4.64. The summed E-state index contributed by atoms with van der Waals surface area (Å²) in [4.78, 5) is 15.9. The van der Waals surface area contributed by atoms with E-state index in [0.717, 1.165) is 43.3 Å². The number of likely N-dealkylation sites (tertiary alicyclic amines) is 1. The number of nitrogens with one attached hydrogen (secondary N) is 1. The number of ether oxygens (including phenoxy) is 1. The van der Waals surface area contributed by atoms with Crippen LogP contribution in [0.1, 0.15) is 30.0 Å². The molecule has 0 spiro atoms. The van der Waals surface area contributed by atoms with Crippen LogP contribution in [0.5, 0.6) is 5.75 Å². The second-order valence-corrected chi connectivity index (χ2v) is 7.07. The number of nitrogens with zero attached hydrogens (tertiary/aromatic N) is 4. The molecular formula is C22H25N5O. The van der Waals surface area contributed by atoms with E-state index in [2.05, 4.69) is 32.3 Å². The summed E-state index contributed by atoms with van der Waals surface area (Å²) in [6, 6.07) is 16.1. The Labute approximate surface area is 165 Å². The van der Waals surface area contributed by atoms with E-state index in [1.807, 2.05) is 42.6 Å². The molecule has 3 heterocycles. The van der Waals surface area contributed by atoms with Crippen molar-refractivity contribution >= 4 is 11.8 Å². The van der Waals surface area contributed by atoms with Gasteiger partial charge in [0.15, 0.2) is 0 Å². The van der Waals surface area contributed by atoms with Crippen LogP contribution in [0.3, 0.4) is 0 Å². The van der Waals surface area contributed by atoms with E-state index in [0.29, 0.717) is 11.9 Å². The van der Waals surface area contributed by atoms with Crippen LogP contribution in [0, 0.1) is 0 Å². The van der Waals surface area contributed by atoms with Crippen LogP contribution in [-0.4, -0.2) is 40.1 Å². The van der Waals surface area contributed by atoms with Crippen LogP contribution < -0.4 is 10.1 Å². The summed E-state index contributed by atoms with van der Waals surface area (Å²) in [5.41, 5.74) is 2.40. The van der Waals surface area contributed by atoms with Gasteiger partial charge < -0.3 is 10.1 Å². The molecule has 0 bridgehead atoms. The third-order valence-electron chi connectivity index (χ3n) is 5.07. The Morgan fingerprint density at radius 3 is 2.75 bits per heavy atom. The number of rotatable bonds is 6. The van der Waals surface area contributed by atoms with E-state index in [1.54, 1.807) is 13.3 Å². The van der Waals surface area contributed by atoms with E-state index in [4.69, 9.17) is 9.72 Å². The van der Waals surface area contributed by atoms with Gasteiger partial charge in [0, 0.05) is 31.4 Å². The van der Waals surface area contributed by atoms with E-state index in [-0.39, 0.29) is 0 Å². The van der Waals surface area contributed by atoms with Gasteiger partial charge in [-0.15, -0.1) is 0 Å². The molecule has 3 aromatic rings. The molecule has 1 fully saturated rings. The normalized spacial score (nSPS) is 17.2. The van der Waals surface area contributed by atoms with Crippen LogP contribution in [0.15, 0.2) is 60.9 Å². The van der Waals surface area contributed by atoms with Crippen molar-refractivity contribution in [2.45, 2.75) is 25.3 Å². The van der Waals surface area contributed by atoms with Crippen molar-refractivity contribution in [2.24, 2.45) is 0 Å². The topological polar surface area (TPSA) is 63.2 Å². The summed E-state index contributed by atoms with van der Waals surface area (Å²) in [5.74, 6) is 2.67. The Bertz CT molecular complexity index is 885. The second kappa shape index (κ2) is 8.80. The molecule has 1 aromatic carbocycles. The average molecular weight is 375 g/mol. The van der Waals surface area contributed by atoms with Gasteiger partial charge in [0.05, 0.1) is 12.8 Å². The molecule has 0 saturated carbocycles. The quantitative estimate of drug-likeness (QED) is 0.702. The maximum absolute atomic E-state index is 5.25. The molecule has 1 unspecified atom stereocenters. The Balaban J connectivity index is 1.41. The Morgan fingerprint density at radius 1 is 1.07 bits per heavy atom. The number of aromatic nitrogens is 3. The van der Waals surface area contributed by atoms with Gasteiger partial charge in [0.2, 0.25) is 5.95 Å². The van der Waals surface area contributed by atoms with Crippen LogP contribution >= 0.6 is 0 Å². The Hall–Kier alpha value is -2.99. The molecule has 144 valence electrons. The minimum absolute atomic E-state index is 0.416. The SMILES string of the molecule is COc1ccc(CN2CCCC(c3ccnc(Nc4ccccn4)n3)C2)cc1. The number of benzene rings is 1. The highest BCUT2D eigenvalue weighted by molar-refractivity contribution is 5.46. The summed E-state index contributed by atoms with van der Waals surface area (Å²) in [6.45, 7) is 3.07. The van der Waals surface area contributed by atoms with Gasteiger partial charge in [-0.1, -0.05) is 18.2 Å². The van der Waals surface area contributed by atoms with Crippen LogP contribution in [0.2, 0.25) is 0 Å². The smallest absolute Gasteiger partial charge is 0.228 e. The molecule has 1 aliphatic heterocycles. The monoisotopic (exact) mass is 375 g/mol. The zero-order valence-corrected chi connectivity index (χ0v) is 16.1. The fourth-order valence-corrected chi connectivity index (χ4v) is 3.64. The number of methoxy groups -OCH3 is 1. The molecule has 1 N–H and O–H groups in total. The van der Waals surface area contributed by atoms with Crippen molar-refractivity contribution in [2.75, 3.05) is 25.5 Å². The van der Waals surface area contributed by atoms with Crippen molar-refractivity contribution in [3.05, 3.63) is 72.2 Å². The molecule has 1 atom stereocenters. The summed E-state index contributed by atoms with van der Waals surface area (Å²) in [5, 5.41) is 3.19. The number of pyridine rings is 1. The minimum atomic E-state index is 0.416. The number of hydrogen-bond donors (Lipinski definition) is 1. The third-order valence-corrected chi connectivity index (χ3v) is 5.07. The molecule has 0 amide bonds. The molecule has 1 aliphatic rings. The molecule has 6 nitrogen and oxygen atoms in total. The second-order valence-electron chi connectivity index (χ2n) is 7.07. The highest BCUT2D eigenvalue weighted by atomic mass is 16.5. The fraction of sp³-hybridized carbons (Fsp3) is 0.318. The van der Waals surface area contributed by atoms with E-state index < -0.39 is 0 Å². The molecular weight excluding hydrogens is 350 g/mol. The Kier molecular flexibility index (Phi) is 5.77. The summed E-state index contributed by atoms with van der Waals surface area (Å²) < 4.78 is 5.25. The van der Waals surface area contributed by atoms with E-state index in [9.17, 15) is 0 Å². The van der Waals surface area contributed by atoms with Crippen molar-refractivity contribution in [1.29, 1.82) is 0 Å². The Morgan fingerprint density at radius 2 is 1.96 bits per heavy atom. The van der Waals surface area contributed by atoms with Gasteiger partial charge in [0.25, 0.3) is 0 Å². The molecule has 4 rings (SSSR count). The number of hydrogen-bond acceptors (Lipinski definition) is 6. The molecule has 2 aromatic heterocycles. The first kappa shape index (κ1) is 18.4. The molecule has 0 radical (unpaired) electrons. The lowest BCUT2D eigenvalue weighted by molar-refractivity contribution is 0.198. The maximum Gasteiger partial charge on any atom is 0.228 e. The van der Waals surface area contributed by atoms with Crippen molar-refractivity contribution < 1.29 is 4.74 Å². The van der Waals surface area contributed by atoms with Gasteiger partial charge in [-0.3, -0.25) is 4.90 Å². The van der Waals surface area contributed by atoms with Gasteiger partial charge >= 0.3 is 0 Å². The predicted octanol–water partition coefficient (Wildman–Crippen LogP) is 4.00. The largest absolute Gasteiger partial charge is 0.497 e. The zero-order chi connectivity index (χ0) is 19.2. The highest BCUT2D eigenvalue weighted by Crippen LogP contribution is 2.27. The average Bonchev–Trinajstić information content (AvgIpc) is 2.75. The summed E-state index contributed by atoms with van der Waals surface area (Å²) in [7, 11) is 1.70. The summed E-state index contributed by atoms with van der Waals surface area (Å²) >= 11 is 0. The van der Waals surface area contributed by atoms with Gasteiger partial charge in [-0.2, -0.15) is 0 Å². The molecule has 28 heavy (non-hydrogen) atoms. The minimum Gasteiger partial charge on any atom is -0.497 e. The van der Waals surface area contributed by atoms with Crippen molar-refractivity contribution in [3.8, 4) is 5.75 Å². The summed E-state index contributed by atoms with van der Waals surface area (Å²) in [6.07, 6.45) is 5.91. The first-order valence-electron chi connectivity index (χ1n) is 9.66. The zero-order valence-electron chi connectivity index (χ0n) is 16.1. The first-order valence-corrected chi connectivity index (χ1v) is 9.66. The highest BCUT2D eigenvalue weighted by Gasteiger charge is 2.23. The predicted molar refractivity (Wildman–Crippen MR) is 110 cm³/mol. The molecule has 1 saturated heterocycles. The fourth-order valence-electron chi connectivity index (χ4n) is 3.64. The molecule has 0 aliphatic carbocycles. The van der Waals surface area contributed by atoms with Gasteiger partial charge in [-0.05, 0) is 55.3 Å². The van der Waals surface area contributed by atoms with E-state index >= 15 is 0 Å².